The third-order valence-electron chi connectivity index (χ3n) is 3.48. The van der Waals surface area contributed by atoms with E-state index in [0.29, 0.717) is 5.25 Å². The molecule has 2 rings (SSSR count). The lowest BCUT2D eigenvalue weighted by Crippen LogP contribution is -2.12. The molecule has 0 saturated heterocycles. The third kappa shape index (κ3) is 3.23. The number of thioether (sulfide) groups is 1. The van der Waals surface area contributed by atoms with Gasteiger partial charge in [0.1, 0.15) is 5.82 Å². The van der Waals surface area contributed by atoms with Crippen LogP contribution in [-0.4, -0.2) is 12.3 Å². The van der Waals surface area contributed by atoms with Crippen molar-refractivity contribution >= 4 is 11.8 Å². The molecule has 0 bridgehead atoms. The molecule has 1 aromatic rings. The van der Waals surface area contributed by atoms with E-state index in [1.54, 1.807) is 17.8 Å². The van der Waals surface area contributed by atoms with E-state index in [1.165, 1.54) is 25.7 Å². The zero-order valence-electron chi connectivity index (χ0n) is 10.5. The quantitative estimate of drug-likeness (QED) is 0.865. The molecule has 1 fully saturated rings. The molecule has 1 unspecified atom stereocenters. The highest BCUT2D eigenvalue weighted by Gasteiger charge is 2.18. The highest BCUT2D eigenvalue weighted by Crippen LogP contribution is 2.36. The van der Waals surface area contributed by atoms with Crippen molar-refractivity contribution in [3.8, 4) is 0 Å². The van der Waals surface area contributed by atoms with Gasteiger partial charge in [-0.3, -0.25) is 0 Å². The summed E-state index contributed by atoms with van der Waals surface area (Å²) in [6.45, 7) is 2.04. The summed E-state index contributed by atoms with van der Waals surface area (Å²) in [6.07, 6.45) is 5.07. The monoisotopic (exact) mass is 253 g/mol. The minimum atomic E-state index is -0.0681. The average Bonchev–Trinajstić information content (AvgIpc) is 2.83. The van der Waals surface area contributed by atoms with E-state index in [2.05, 4.69) is 5.32 Å². The number of nitrogens with one attached hydrogen (secondary N) is 1. The SMILES string of the molecule is CNC(C)c1ccc(SC2CCCC2)c(F)c1. The van der Waals surface area contributed by atoms with Gasteiger partial charge in [0.05, 0.1) is 0 Å². The molecule has 1 aliphatic rings. The van der Waals surface area contributed by atoms with Crippen molar-refractivity contribution in [3.63, 3.8) is 0 Å². The molecule has 1 nitrogen and oxygen atoms in total. The maximum Gasteiger partial charge on any atom is 0.137 e. The Morgan fingerprint density at radius 1 is 1.35 bits per heavy atom. The molecular weight excluding hydrogens is 233 g/mol. The largest absolute Gasteiger partial charge is 0.313 e. The Labute approximate surface area is 107 Å². The van der Waals surface area contributed by atoms with E-state index < -0.39 is 0 Å². The van der Waals surface area contributed by atoms with Crippen LogP contribution in [0.5, 0.6) is 0 Å². The highest BCUT2D eigenvalue weighted by atomic mass is 32.2. The van der Waals surface area contributed by atoms with Crippen LogP contribution in [-0.2, 0) is 0 Å². The molecule has 1 aliphatic carbocycles. The molecule has 1 N–H and O–H groups in total. The molecular formula is C14H20FNS. The number of hydrogen-bond acceptors (Lipinski definition) is 2. The van der Waals surface area contributed by atoms with Gasteiger partial charge in [0, 0.05) is 16.2 Å². The zero-order valence-corrected chi connectivity index (χ0v) is 11.3. The van der Waals surface area contributed by atoms with Crippen molar-refractivity contribution in [2.24, 2.45) is 0 Å². The number of halogens is 1. The zero-order chi connectivity index (χ0) is 12.3. The molecule has 1 saturated carbocycles. The highest BCUT2D eigenvalue weighted by molar-refractivity contribution is 8.00. The Morgan fingerprint density at radius 2 is 2.06 bits per heavy atom. The van der Waals surface area contributed by atoms with Gasteiger partial charge >= 0.3 is 0 Å². The predicted octanol–water partition coefficient (Wildman–Crippen LogP) is 4.14. The van der Waals surface area contributed by atoms with Crippen molar-refractivity contribution in [3.05, 3.63) is 29.6 Å². The van der Waals surface area contributed by atoms with Crippen molar-refractivity contribution in [2.45, 2.75) is 48.8 Å². The molecule has 0 spiro atoms. The van der Waals surface area contributed by atoms with Gasteiger partial charge < -0.3 is 5.32 Å². The molecule has 17 heavy (non-hydrogen) atoms. The molecule has 94 valence electrons. The number of rotatable bonds is 4. The van der Waals surface area contributed by atoms with Gasteiger partial charge in [-0.25, -0.2) is 4.39 Å². The molecule has 3 heteroatoms. The second-order valence-electron chi connectivity index (χ2n) is 4.72. The summed E-state index contributed by atoms with van der Waals surface area (Å²) < 4.78 is 14.0. The van der Waals surface area contributed by atoms with Gasteiger partial charge in [-0.2, -0.15) is 0 Å². The Kier molecular flexibility index (Phi) is 4.46. The summed E-state index contributed by atoms with van der Waals surface area (Å²) in [5, 5.41) is 3.75. The summed E-state index contributed by atoms with van der Waals surface area (Å²) in [6, 6.07) is 5.83. The summed E-state index contributed by atoms with van der Waals surface area (Å²) in [4.78, 5) is 0.809. The van der Waals surface area contributed by atoms with Crippen LogP contribution in [0.25, 0.3) is 0 Å². The van der Waals surface area contributed by atoms with Crippen molar-refractivity contribution in [1.29, 1.82) is 0 Å². The first-order valence-corrected chi connectivity index (χ1v) is 7.22. The van der Waals surface area contributed by atoms with Crippen molar-refractivity contribution in [2.75, 3.05) is 7.05 Å². The maximum atomic E-state index is 14.0. The Hall–Kier alpha value is -0.540. The van der Waals surface area contributed by atoms with Gasteiger partial charge in [0.25, 0.3) is 0 Å². The van der Waals surface area contributed by atoms with Gasteiger partial charge in [0.15, 0.2) is 0 Å². The fourth-order valence-electron chi connectivity index (χ4n) is 2.23. The summed E-state index contributed by atoms with van der Waals surface area (Å²) in [5.74, 6) is -0.0681. The predicted molar refractivity (Wildman–Crippen MR) is 72.0 cm³/mol. The third-order valence-corrected chi connectivity index (χ3v) is 4.87. The summed E-state index contributed by atoms with van der Waals surface area (Å²) in [5.41, 5.74) is 1.01. The fraction of sp³-hybridized carbons (Fsp3) is 0.571. The van der Waals surface area contributed by atoms with Gasteiger partial charge in [-0.05, 0) is 44.5 Å². The van der Waals surface area contributed by atoms with Gasteiger partial charge in [0.2, 0.25) is 0 Å². The molecule has 0 radical (unpaired) electrons. The fourth-order valence-corrected chi connectivity index (χ4v) is 3.48. The topological polar surface area (TPSA) is 12.0 Å². The van der Waals surface area contributed by atoms with Crippen LogP contribution in [0.1, 0.15) is 44.2 Å². The van der Waals surface area contributed by atoms with Crippen LogP contribution in [0, 0.1) is 5.82 Å². The van der Waals surface area contributed by atoms with Gasteiger partial charge in [-0.15, -0.1) is 11.8 Å². The standard InChI is InChI=1S/C14H20FNS/c1-10(16-2)11-7-8-14(13(15)9-11)17-12-5-3-4-6-12/h7-10,12,16H,3-6H2,1-2H3. The van der Waals surface area contributed by atoms with E-state index in [0.717, 1.165) is 10.5 Å². The van der Waals surface area contributed by atoms with Crippen LogP contribution >= 0.6 is 11.8 Å². The van der Waals surface area contributed by atoms with Gasteiger partial charge in [-0.1, -0.05) is 18.9 Å². The van der Waals surface area contributed by atoms with Crippen molar-refractivity contribution < 1.29 is 4.39 Å². The first-order valence-electron chi connectivity index (χ1n) is 6.34. The molecule has 0 amide bonds. The van der Waals surface area contributed by atoms with Crippen LogP contribution < -0.4 is 5.32 Å². The van der Waals surface area contributed by atoms with E-state index >= 15 is 0 Å². The second-order valence-corrected chi connectivity index (χ2v) is 6.07. The molecule has 0 aromatic heterocycles. The number of hydrogen-bond donors (Lipinski definition) is 1. The van der Waals surface area contributed by atoms with Crippen LogP contribution in [0.15, 0.2) is 23.1 Å². The molecule has 0 heterocycles. The lowest BCUT2D eigenvalue weighted by Gasteiger charge is -2.13. The number of benzene rings is 1. The van der Waals surface area contributed by atoms with E-state index in [-0.39, 0.29) is 11.9 Å². The first-order chi connectivity index (χ1) is 8.20. The molecule has 1 atom stereocenters. The Bertz CT molecular complexity index is 374. The minimum absolute atomic E-state index is 0.0681. The van der Waals surface area contributed by atoms with Crippen LogP contribution in [0.2, 0.25) is 0 Å². The van der Waals surface area contributed by atoms with E-state index in [4.69, 9.17) is 0 Å². The minimum Gasteiger partial charge on any atom is -0.313 e. The Balaban J connectivity index is 2.08. The first kappa shape index (κ1) is 12.9. The van der Waals surface area contributed by atoms with Crippen molar-refractivity contribution in [1.82, 2.24) is 5.32 Å². The van der Waals surface area contributed by atoms with Crippen LogP contribution in [0.3, 0.4) is 0 Å². The summed E-state index contributed by atoms with van der Waals surface area (Å²) >= 11 is 1.71. The lowest BCUT2D eigenvalue weighted by atomic mass is 10.1. The lowest BCUT2D eigenvalue weighted by molar-refractivity contribution is 0.587. The smallest absolute Gasteiger partial charge is 0.137 e. The average molecular weight is 253 g/mol. The summed E-state index contributed by atoms with van der Waals surface area (Å²) in [7, 11) is 1.89. The maximum absolute atomic E-state index is 14.0. The second kappa shape index (κ2) is 5.87. The Morgan fingerprint density at radius 3 is 2.65 bits per heavy atom. The molecule has 1 aromatic carbocycles. The normalized spacial score (nSPS) is 18.5. The van der Waals surface area contributed by atoms with Crippen LogP contribution in [0.4, 0.5) is 4.39 Å². The molecule has 0 aliphatic heterocycles. The van der Waals surface area contributed by atoms with E-state index in [1.807, 2.05) is 26.1 Å². The van der Waals surface area contributed by atoms with E-state index in [9.17, 15) is 4.39 Å².